The van der Waals surface area contributed by atoms with Crippen LogP contribution in [0.2, 0.25) is 0 Å². The number of hydrogen-bond donors (Lipinski definition) is 1. The molecule has 2 fully saturated rings. The van der Waals surface area contributed by atoms with Crippen LogP contribution in [0.4, 0.5) is 9.80 Å². The number of rotatable bonds is 4. The third-order valence-corrected chi connectivity index (χ3v) is 8.83. The summed E-state index contributed by atoms with van der Waals surface area (Å²) in [6, 6.07) is 11.9. The van der Waals surface area contributed by atoms with Crippen LogP contribution in [0.3, 0.4) is 0 Å². The van der Waals surface area contributed by atoms with Crippen molar-refractivity contribution < 1.29 is 22.7 Å². The zero-order valence-corrected chi connectivity index (χ0v) is 19.2. The van der Waals surface area contributed by atoms with E-state index in [2.05, 4.69) is 5.32 Å². The van der Waals surface area contributed by atoms with Crippen LogP contribution in [0, 0.1) is 0 Å². The molecule has 32 heavy (non-hydrogen) atoms. The van der Waals surface area contributed by atoms with Gasteiger partial charge < -0.3 is 14.5 Å². The minimum Gasteiger partial charge on any atom is -0.379 e. The van der Waals surface area contributed by atoms with Crippen LogP contribution in [-0.2, 0) is 14.8 Å². The molecule has 0 bridgehead atoms. The SMILES string of the molecule is O=C(Nc1ccc(S(=O)(=O)N2CCOCC2)s1)N1CCCN(C(=O)c2ccccc2)CC1. The number of carbonyl (C=O) groups is 2. The standard InChI is InChI=1S/C21H26N4O5S2/c26-20(17-5-2-1-3-6-17)23-9-4-10-24(12-11-23)21(27)22-18-7-8-19(31-18)32(28,29)25-13-15-30-16-14-25/h1-3,5-8H,4,9-16H2,(H,22,27). The summed E-state index contributed by atoms with van der Waals surface area (Å²) in [6.45, 7) is 3.38. The van der Waals surface area contributed by atoms with Gasteiger partial charge in [0, 0.05) is 44.8 Å². The van der Waals surface area contributed by atoms with Gasteiger partial charge in [0.15, 0.2) is 0 Å². The maximum Gasteiger partial charge on any atom is 0.322 e. The Morgan fingerprint density at radius 2 is 1.56 bits per heavy atom. The van der Waals surface area contributed by atoms with E-state index in [1.54, 1.807) is 28.0 Å². The van der Waals surface area contributed by atoms with Crippen LogP contribution in [0.15, 0.2) is 46.7 Å². The number of carbonyl (C=O) groups excluding carboxylic acids is 2. The lowest BCUT2D eigenvalue weighted by molar-refractivity contribution is 0.0731. The molecule has 11 heteroatoms. The first-order valence-corrected chi connectivity index (χ1v) is 12.8. The summed E-state index contributed by atoms with van der Waals surface area (Å²) in [7, 11) is -3.59. The van der Waals surface area contributed by atoms with E-state index < -0.39 is 10.0 Å². The number of hydrogen-bond acceptors (Lipinski definition) is 6. The van der Waals surface area contributed by atoms with Gasteiger partial charge in [-0.25, -0.2) is 13.2 Å². The van der Waals surface area contributed by atoms with E-state index in [0.29, 0.717) is 69.5 Å². The molecule has 1 N–H and O–H groups in total. The van der Waals surface area contributed by atoms with Crippen LogP contribution < -0.4 is 5.32 Å². The Morgan fingerprint density at radius 3 is 2.31 bits per heavy atom. The lowest BCUT2D eigenvalue weighted by Crippen LogP contribution is -2.40. The van der Waals surface area contributed by atoms with Gasteiger partial charge in [-0.15, -0.1) is 11.3 Å². The Balaban J connectivity index is 1.35. The van der Waals surface area contributed by atoms with E-state index in [4.69, 9.17) is 4.74 Å². The van der Waals surface area contributed by atoms with Gasteiger partial charge in [-0.1, -0.05) is 18.2 Å². The average molecular weight is 479 g/mol. The summed E-state index contributed by atoms with van der Waals surface area (Å²) >= 11 is 1.04. The Hall–Kier alpha value is -2.47. The van der Waals surface area contributed by atoms with E-state index in [0.717, 1.165) is 11.3 Å². The highest BCUT2D eigenvalue weighted by molar-refractivity contribution is 7.91. The molecule has 0 atom stereocenters. The normalized spacial score (nSPS) is 18.2. The topological polar surface area (TPSA) is 99.3 Å². The summed E-state index contributed by atoms with van der Waals surface area (Å²) < 4.78 is 32.4. The van der Waals surface area contributed by atoms with Crippen molar-refractivity contribution in [1.82, 2.24) is 14.1 Å². The zero-order valence-electron chi connectivity index (χ0n) is 17.6. The smallest absolute Gasteiger partial charge is 0.322 e. The number of morpholine rings is 1. The van der Waals surface area contributed by atoms with Gasteiger partial charge in [-0.05, 0) is 30.7 Å². The number of nitrogens with one attached hydrogen (secondary N) is 1. The molecule has 0 radical (unpaired) electrons. The number of sulfonamides is 1. The molecular weight excluding hydrogens is 452 g/mol. The summed E-state index contributed by atoms with van der Waals surface area (Å²) in [4.78, 5) is 28.9. The van der Waals surface area contributed by atoms with Gasteiger partial charge in [-0.3, -0.25) is 10.1 Å². The van der Waals surface area contributed by atoms with Crippen LogP contribution in [-0.4, -0.2) is 86.9 Å². The van der Waals surface area contributed by atoms with Crippen LogP contribution in [0.25, 0.3) is 0 Å². The van der Waals surface area contributed by atoms with Gasteiger partial charge in [-0.2, -0.15) is 4.31 Å². The number of urea groups is 1. The minimum atomic E-state index is -3.59. The van der Waals surface area contributed by atoms with Gasteiger partial charge in [0.2, 0.25) is 0 Å². The first-order chi connectivity index (χ1) is 15.4. The second-order valence-corrected chi connectivity index (χ2v) is 10.8. The van der Waals surface area contributed by atoms with E-state index in [9.17, 15) is 18.0 Å². The predicted octanol–water partition coefficient (Wildman–Crippen LogP) is 2.15. The minimum absolute atomic E-state index is 0.0379. The molecule has 1 aromatic heterocycles. The molecule has 1 aromatic carbocycles. The fourth-order valence-electron chi connectivity index (χ4n) is 3.71. The van der Waals surface area contributed by atoms with Crippen molar-refractivity contribution in [1.29, 1.82) is 0 Å². The summed E-state index contributed by atoms with van der Waals surface area (Å²) in [6.07, 6.45) is 0.674. The molecular formula is C21H26N4O5S2. The highest BCUT2D eigenvalue weighted by Crippen LogP contribution is 2.29. The highest BCUT2D eigenvalue weighted by atomic mass is 32.2. The lowest BCUT2D eigenvalue weighted by Gasteiger charge is -2.25. The second-order valence-electron chi connectivity index (χ2n) is 7.56. The molecule has 0 aliphatic carbocycles. The molecule has 9 nitrogen and oxygen atoms in total. The zero-order chi connectivity index (χ0) is 22.6. The number of ether oxygens (including phenoxy) is 1. The van der Waals surface area contributed by atoms with Crippen LogP contribution in [0.1, 0.15) is 16.8 Å². The average Bonchev–Trinajstić information content (AvgIpc) is 3.15. The quantitative estimate of drug-likeness (QED) is 0.726. The molecule has 0 spiro atoms. The molecule has 3 amide bonds. The van der Waals surface area contributed by atoms with Crippen molar-refractivity contribution in [2.75, 3.05) is 57.8 Å². The van der Waals surface area contributed by atoms with Gasteiger partial charge in [0.1, 0.15) is 4.21 Å². The molecule has 0 saturated carbocycles. The number of anilines is 1. The van der Waals surface area contributed by atoms with Crippen molar-refractivity contribution in [2.24, 2.45) is 0 Å². The van der Waals surface area contributed by atoms with Crippen molar-refractivity contribution in [3.05, 3.63) is 48.0 Å². The molecule has 3 heterocycles. The van der Waals surface area contributed by atoms with Crippen LogP contribution in [0.5, 0.6) is 0 Å². The van der Waals surface area contributed by atoms with E-state index in [-0.39, 0.29) is 16.1 Å². The Kier molecular flexibility index (Phi) is 7.09. The monoisotopic (exact) mass is 478 g/mol. The largest absolute Gasteiger partial charge is 0.379 e. The van der Waals surface area contributed by atoms with Crippen molar-refractivity contribution in [3.63, 3.8) is 0 Å². The van der Waals surface area contributed by atoms with Crippen molar-refractivity contribution >= 4 is 38.3 Å². The summed E-state index contributed by atoms with van der Waals surface area (Å²) in [5, 5.41) is 3.28. The summed E-state index contributed by atoms with van der Waals surface area (Å²) in [5.74, 6) is -0.0379. The van der Waals surface area contributed by atoms with Crippen molar-refractivity contribution in [2.45, 2.75) is 10.6 Å². The maximum atomic E-state index is 12.8. The molecule has 172 valence electrons. The number of amides is 3. The third-order valence-electron chi connectivity index (χ3n) is 5.47. The van der Waals surface area contributed by atoms with Gasteiger partial charge in [0.05, 0.1) is 18.2 Å². The predicted molar refractivity (Wildman–Crippen MR) is 121 cm³/mol. The molecule has 2 saturated heterocycles. The molecule has 4 rings (SSSR count). The molecule has 0 unspecified atom stereocenters. The maximum absolute atomic E-state index is 12.8. The Morgan fingerprint density at radius 1 is 0.875 bits per heavy atom. The molecule has 2 aliphatic rings. The van der Waals surface area contributed by atoms with E-state index in [1.165, 1.54) is 10.4 Å². The second kappa shape index (κ2) is 9.99. The summed E-state index contributed by atoms with van der Waals surface area (Å²) in [5.41, 5.74) is 0.637. The van der Waals surface area contributed by atoms with Gasteiger partial charge >= 0.3 is 6.03 Å². The molecule has 2 aromatic rings. The van der Waals surface area contributed by atoms with Crippen LogP contribution >= 0.6 is 11.3 Å². The number of thiophene rings is 1. The Bertz CT molecular complexity index is 1050. The lowest BCUT2D eigenvalue weighted by atomic mass is 10.2. The third kappa shape index (κ3) is 5.12. The molecule has 2 aliphatic heterocycles. The highest BCUT2D eigenvalue weighted by Gasteiger charge is 2.28. The van der Waals surface area contributed by atoms with Gasteiger partial charge in [0.25, 0.3) is 15.9 Å². The fraction of sp³-hybridized carbons (Fsp3) is 0.429. The Labute approximate surface area is 191 Å². The number of benzene rings is 1. The fourth-order valence-corrected chi connectivity index (χ4v) is 6.47. The van der Waals surface area contributed by atoms with E-state index in [1.807, 2.05) is 18.2 Å². The first kappa shape index (κ1) is 22.7. The number of nitrogens with zero attached hydrogens (tertiary/aromatic N) is 3. The van der Waals surface area contributed by atoms with E-state index >= 15 is 0 Å². The first-order valence-electron chi connectivity index (χ1n) is 10.5. The van der Waals surface area contributed by atoms with Crippen molar-refractivity contribution in [3.8, 4) is 0 Å².